The van der Waals surface area contributed by atoms with Gasteiger partial charge in [0.1, 0.15) is 5.82 Å². The van der Waals surface area contributed by atoms with Crippen LogP contribution in [0.5, 0.6) is 0 Å². The van der Waals surface area contributed by atoms with E-state index in [1.165, 1.54) is 16.4 Å². The molecule has 1 N–H and O–H groups in total. The summed E-state index contributed by atoms with van der Waals surface area (Å²) in [5, 5.41) is 5.10. The van der Waals surface area contributed by atoms with Gasteiger partial charge >= 0.3 is 0 Å². The van der Waals surface area contributed by atoms with Crippen LogP contribution in [-0.4, -0.2) is 31.7 Å². The average molecular weight is 467 g/mol. The minimum atomic E-state index is -3.61. The van der Waals surface area contributed by atoms with E-state index in [9.17, 15) is 17.6 Å². The number of nitrogens with zero attached hydrogens (tertiary/aromatic N) is 1. The maximum atomic E-state index is 13.3. The number of rotatable bonds is 5. The minimum Gasteiger partial charge on any atom is -0.346 e. The van der Waals surface area contributed by atoms with E-state index in [4.69, 9.17) is 0 Å². The predicted molar refractivity (Wildman–Crippen MR) is 126 cm³/mol. The molecule has 0 unspecified atom stereocenters. The molecule has 1 saturated carbocycles. The number of benzene rings is 3. The Kier molecular flexibility index (Phi) is 5.70. The Morgan fingerprint density at radius 1 is 0.939 bits per heavy atom. The molecule has 0 atom stereocenters. The largest absolute Gasteiger partial charge is 0.346 e. The number of piperidine rings is 1. The Hall–Kier alpha value is -2.77. The molecule has 1 aliphatic carbocycles. The topological polar surface area (TPSA) is 66.5 Å². The molecule has 7 heteroatoms. The van der Waals surface area contributed by atoms with Gasteiger partial charge < -0.3 is 5.32 Å². The maximum absolute atomic E-state index is 13.3. The lowest BCUT2D eigenvalue weighted by Gasteiger charge is -2.44. The van der Waals surface area contributed by atoms with Gasteiger partial charge in [0, 0.05) is 19.0 Å². The Bertz CT molecular complexity index is 1280. The minimum absolute atomic E-state index is 0.0400. The van der Waals surface area contributed by atoms with E-state index in [0.29, 0.717) is 25.9 Å². The lowest BCUT2D eigenvalue weighted by molar-refractivity contribution is -0.129. The molecule has 1 saturated heterocycles. The Balaban J connectivity index is 1.25. The molecule has 5 nitrogen and oxygen atoms in total. The summed E-state index contributed by atoms with van der Waals surface area (Å²) in [6.07, 6.45) is 3.65. The second kappa shape index (κ2) is 8.54. The van der Waals surface area contributed by atoms with Gasteiger partial charge in [-0.1, -0.05) is 42.5 Å². The van der Waals surface area contributed by atoms with Crippen LogP contribution < -0.4 is 5.32 Å². The van der Waals surface area contributed by atoms with Crippen LogP contribution in [0.15, 0.2) is 71.6 Å². The number of halogens is 1. The normalized spacial score (nSPS) is 19.2. The number of carbonyl (C=O) groups excluding carboxylic acids is 1. The lowest BCUT2D eigenvalue weighted by Crippen LogP contribution is -2.53. The van der Waals surface area contributed by atoms with Gasteiger partial charge in [0.2, 0.25) is 15.9 Å². The smallest absolute Gasteiger partial charge is 0.243 e. The van der Waals surface area contributed by atoms with E-state index in [0.717, 1.165) is 35.6 Å². The molecule has 5 rings (SSSR count). The van der Waals surface area contributed by atoms with E-state index < -0.39 is 15.6 Å². The molecular formula is C26H27FN2O3S. The summed E-state index contributed by atoms with van der Waals surface area (Å²) in [6.45, 7) is 0.633. The van der Waals surface area contributed by atoms with Crippen LogP contribution in [0.3, 0.4) is 0 Å². The molecule has 1 amide bonds. The number of carbonyl (C=O) groups is 1. The first-order valence-electron chi connectivity index (χ1n) is 11.4. The zero-order chi connectivity index (χ0) is 23.1. The summed E-state index contributed by atoms with van der Waals surface area (Å²) in [5.41, 5.74) is 0.499. The van der Waals surface area contributed by atoms with Crippen molar-refractivity contribution in [3.8, 4) is 0 Å². The molecule has 2 aliphatic rings. The van der Waals surface area contributed by atoms with Crippen molar-refractivity contribution in [3.63, 3.8) is 0 Å². The summed E-state index contributed by atoms with van der Waals surface area (Å²) in [4.78, 5) is 13.4. The van der Waals surface area contributed by atoms with Gasteiger partial charge in [-0.25, -0.2) is 12.8 Å². The third kappa shape index (κ3) is 4.15. The predicted octanol–water partition coefficient (Wildman–Crippen LogP) is 4.58. The van der Waals surface area contributed by atoms with Gasteiger partial charge in [-0.2, -0.15) is 4.31 Å². The molecule has 0 bridgehead atoms. The van der Waals surface area contributed by atoms with Crippen molar-refractivity contribution < 1.29 is 17.6 Å². The molecule has 1 aliphatic heterocycles. The summed E-state index contributed by atoms with van der Waals surface area (Å²) < 4.78 is 41.2. The van der Waals surface area contributed by atoms with Gasteiger partial charge in [-0.05, 0) is 72.7 Å². The van der Waals surface area contributed by atoms with Gasteiger partial charge in [0.15, 0.2) is 0 Å². The van der Waals surface area contributed by atoms with Crippen LogP contribution in [0.25, 0.3) is 10.8 Å². The van der Waals surface area contributed by atoms with Gasteiger partial charge in [0.25, 0.3) is 0 Å². The van der Waals surface area contributed by atoms with E-state index in [1.54, 1.807) is 24.3 Å². The standard InChI is InChI=1S/C26H27FN2O3S/c27-23-9-7-22(8-10-23)26(14-3-15-26)28-25(30)20-12-16-29(17-13-20)33(31,32)24-11-6-19-4-1-2-5-21(19)18-24/h1-2,4-11,18,20H,3,12-17H2,(H,28,30). The molecule has 33 heavy (non-hydrogen) atoms. The Labute approximate surface area is 193 Å². The molecule has 0 radical (unpaired) electrons. The molecular weight excluding hydrogens is 439 g/mol. The van der Waals surface area contributed by atoms with Gasteiger partial charge in [0.05, 0.1) is 10.4 Å². The zero-order valence-electron chi connectivity index (χ0n) is 18.3. The number of hydrogen-bond acceptors (Lipinski definition) is 3. The van der Waals surface area contributed by atoms with E-state index in [1.807, 2.05) is 30.3 Å². The molecule has 3 aromatic carbocycles. The van der Waals surface area contributed by atoms with Crippen molar-refractivity contribution in [3.05, 3.63) is 78.1 Å². The average Bonchev–Trinajstić information content (AvgIpc) is 2.81. The quantitative estimate of drug-likeness (QED) is 0.599. The van der Waals surface area contributed by atoms with Crippen LogP contribution in [0.1, 0.15) is 37.7 Å². The first kappa shape index (κ1) is 22.0. The van der Waals surface area contributed by atoms with Crippen molar-refractivity contribution >= 4 is 26.7 Å². The van der Waals surface area contributed by atoms with Gasteiger partial charge in [-0.3, -0.25) is 4.79 Å². The highest BCUT2D eigenvalue weighted by Gasteiger charge is 2.42. The number of hydrogen-bond donors (Lipinski definition) is 1. The summed E-state index contributed by atoms with van der Waals surface area (Å²) in [5.74, 6) is -0.563. The first-order chi connectivity index (χ1) is 15.9. The highest BCUT2D eigenvalue weighted by Crippen LogP contribution is 2.42. The van der Waals surface area contributed by atoms with E-state index in [-0.39, 0.29) is 22.5 Å². The number of amides is 1. The lowest BCUT2D eigenvalue weighted by atomic mass is 9.71. The molecule has 3 aromatic rings. The van der Waals surface area contributed by atoms with Crippen LogP contribution in [0.4, 0.5) is 4.39 Å². The van der Waals surface area contributed by atoms with Gasteiger partial charge in [-0.15, -0.1) is 0 Å². The van der Waals surface area contributed by atoms with Crippen molar-refractivity contribution in [2.45, 2.75) is 42.5 Å². The van der Waals surface area contributed by atoms with Crippen LogP contribution in [-0.2, 0) is 20.4 Å². The first-order valence-corrected chi connectivity index (χ1v) is 12.9. The molecule has 0 spiro atoms. The third-order valence-electron chi connectivity index (χ3n) is 7.15. The molecule has 1 heterocycles. The molecule has 172 valence electrons. The summed E-state index contributed by atoms with van der Waals surface area (Å²) in [6, 6.07) is 19.2. The fourth-order valence-electron chi connectivity index (χ4n) is 4.96. The zero-order valence-corrected chi connectivity index (χ0v) is 19.2. The Morgan fingerprint density at radius 2 is 1.61 bits per heavy atom. The fraction of sp³-hybridized carbons (Fsp3) is 0.346. The highest BCUT2D eigenvalue weighted by molar-refractivity contribution is 7.89. The van der Waals surface area contributed by atoms with Crippen LogP contribution in [0, 0.1) is 11.7 Å². The van der Waals surface area contributed by atoms with Crippen LogP contribution >= 0.6 is 0 Å². The molecule has 2 fully saturated rings. The fourth-order valence-corrected chi connectivity index (χ4v) is 6.46. The Morgan fingerprint density at radius 3 is 2.24 bits per heavy atom. The van der Waals surface area contributed by atoms with Crippen molar-refractivity contribution in [2.75, 3.05) is 13.1 Å². The number of fused-ring (bicyclic) bond motifs is 1. The maximum Gasteiger partial charge on any atom is 0.243 e. The summed E-state index contributed by atoms with van der Waals surface area (Å²) in [7, 11) is -3.61. The monoisotopic (exact) mass is 466 g/mol. The van der Waals surface area contributed by atoms with Crippen molar-refractivity contribution in [1.82, 2.24) is 9.62 Å². The molecule has 0 aromatic heterocycles. The second-order valence-electron chi connectivity index (χ2n) is 9.12. The number of sulfonamides is 1. The van der Waals surface area contributed by atoms with Crippen LogP contribution in [0.2, 0.25) is 0 Å². The second-order valence-corrected chi connectivity index (χ2v) is 11.1. The number of nitrogens with one attached hydrogen (secondary N) is 1. The summed E-state index contributed by atoms with van der Waals surface area (Å²) >= 11 is 0. The van der Waals surface area contributed by atoms with Crippen molar-refractivity contribution in [1.29, 1.82) is 0 Å². The van der Waals surface area contributed by atoms with E-state index >= 15 is 0 Å². The van der Waals surface area contributed by atoms with E-state index in [2.05, 4.69) is 5.32 Å². The third-order valence-corrected chi connectivity index (χ3v) is 9.04. The van der Waals surface area contributed by atoms with Crippen molar-refractivity contribution in [2.24, 2.45) is 5.92 Å². The SMILES string of the molecule is O=C(NC1(c2ccc(F)cc2)CCC1)C1CCN(S(=O)(=O)c2ccc3ccccc3c2)CC1. The highest BCUT2D eigenvalue weighted by atomic mass is 32.2.